The normalized spacial score (nSPS) is 11.3. The van der Waals surface area contributed by atoms with Crippen molar-refractivity contribution in [2.24, 2.45) is 0 Å². The fraction of sp³-hybridized carbons (Fsp3) is 1.00. The minimum atomic E-state index is 1.19. The van der Waals surface area contributed by atoms with Crippen LogP contribution >= 0.6 is 31.9 Å². The van der Waals surface area contributed by atoms with Crippen molar-refractivity contribution in [1.82, 2.24) is 0 Å². The van der Waals surface area contributed by atoms with Crippen LogP contribution in [-0.4, -0.2) is 10.7 Å². The second-order valence-corrected chi connectivity index (χ2v) is 9.39. The lowest BCUT2D eigenvalue weighted by molar-refractivity contribution is 0.521. The maximum absolute atomic E-state index is 3.51. The number of halogens is 2. The first-order chi connectivity index (χ1) is 12.4. The summed E-state index contributed by atoms with van der Waals surface area (Å²) in [6, 6.07) is 0. The summed E-state index contributed by atoms with van der Waals surface area (Å²) in [4.78, 5) is 0. The van der Waals surface area contributed by atoms with Crippen LogP contribution in [0, 0.1) is 0 Å². The molecule has 0 atom stereocenters. The lowest BCUT2D eigenvalue weighted by Crippen LogP contribution is -1.84. The van der Waals surface area contributed by atoms with E-state index in [-0.39, 0.29) is 0 Å². The van der Waals surface area contributed by atoms with E-state index in [1.165, 1.54) is 145 Å². The lowest BCUT2D eigenvalue weighted by Gasteiger charge is -2.04. The van der Waals surface area contributed by atoms with Crippen molar-refractivity contribution < 1.29 is 0 Å². The Bertz CT molecular complexity index is 196. The van der Waals surface area contributed by atoms with Crippen molar-refractivity contribution in [2.75, 3.05) is 10.7 Å². The summed E-state index contributed by atoms with van der Waals surface area (Å²) >= 11 is 7.01. The molecule has 0 saturated carbocycles. The maximum atomic E-state index is 3.51. The van der Waals surface area contributed by atoms with E-state index in [1.807, 2.05) is 0 Å². The Morgan fingerprint density at radius 2 is 0.320 bits per heavy atom. The molecule has 2 heteroatoms. The molecule has 0 heterocycles. The van der Waals surface area contributed by atoms with Crippen molar-refractivity contribution in [2.45, 2.75) is 135 Å². The fourth-order valence-electron chi connectivity index (χ4n) is 3.55. The Morgan fingerprint density at radius 1 is 0.200 bits per heavy atom. The first-order valence-electron chi connectivity index (χ1n) is 11.5. The summed E-state index contributed by atoms with van der Waals surface area (Å²) in [7, 11) is 0. The summed E-state index contributed by atoms with van der Waals surface area (Å²) in [5, 5.41) is 2.37. The highest BCUT2D eigenvalue weighted by atomic mass is 79.9. The van der Waals surface area contributed by atoms with E-state index >= 15 is 0 Å². The summed E-state index contributed by atoms with van der Waals surface area (Å²) in [5.74, 6) is 0. The van der Waals surface area contributed by atoms with Crippen molar-refractivity contribution in [3.05, 3.63) is 0 Å². The Labute approximate surface area is 177 Å². The largest absolute Gasteiger partial charge is 0.0928 e. The summed E-state index contributed by atoms with van der Waals surface area (Å²) < 4.78 is 0. The molecule has 0 aliphatic rings. The van der Waals surface area contributed by atoms with Crippen LogP contribution in [0.2, 0.25) is 0 Å². The van der Waals surface area contributed by atoms with E-state index in [2.05, 4.69) is 31.9 Å². The molecule has 0 radical (unpaired) electrons. The van der Waals surface area contributed by atoms with Crippen LogP contribution in [0.25, 0.3) is 0 Å². The average Bonchev–Trinajstić information content (AvgIpc) is 2.63. The summed E-state index contributed by atoms with van der Waals surface area (Å²) in [6.07, 6.45) is 30.6. The van der Waals surface area contributed by atoms with E-state index < -0.39 is 0 Å². The summed E-state index contributed by atoms with van der Waals surface area (Å²) in [6.45, 7) is 0. The van der Waals surface area contributed by atoms with Crippen LogP contribution < -0.4 is 0 Å². The molecule has 0 bridgehead atoms. The van der Waals surface area contributed by atoms with Gasteiger partial charge in [-0.3, -0.25) is 0 Å². The van der Waals surface area contributed by atoms with E-state index in [9.17, 15) is 0 Å². The van der Waals surface area contributed by atoms with Gasteiger partial charge in [0.05, 0.1) is 0 Å². The molecule has 0 aromatic heterocycles. The highest BCUT2D eigenvalue weighted by Gasteiger charge is 1.95. The molecular weight excluding hydrogens is 436 g/mol. The van der Waals surface area contributed by atoms with Gasteiger partial charge >= 0.3 is 0 Å². The van der Waals surface area contributed by atoms with Crippen molar-refractivity contribution in [3.8, 4) is 0 Å². The van der Waals surface area contributed by atoms with E-state index in [0.717, 1.165) is 0 Å². The SMILES string of the molecule is BrCCCCCCCCCCCCCCCCCCCCCCCBr. The predicted octanol–water partition coefficient (Wildman–Crippen LogP) is 9.97. The zero-order valence-corrected chi connectivity index (χ0v) is 20.2. The second kappa shape index (κ2) is 25.0. The molecule has 0 rings (SSSR count). The number of unbranched alkanes of at least 4 members (excludes halogenated alkanes) is 20. The van der Waals surface area contributed by atoms with Gasteiger partial charge in [-0.1, -0.05) is 154 Å². The molecule has 0 N–H and O–H groups in total. The standard InChI is InChI=1S/C23H46Br2/c24-22-20-18-16-14-12-10-8-6-4-2-1-3-5-7-9-11-13-15-17-19-21-23-25/h1-23H2. The van der Waals surface area contributed by atoms with Gasteiger partial charge in [0.2, 0.25) is 0 Å². The third-order valence-electron chi connectivity index (χ3n) is 5.27. The molecule has 0 aromatic rings. The van der Waals surface area contributed by atoms with Gasteiger partial charge in [0, 0.05) is 10.7 Å². The fourth-order valence-corrected chi connectivity index (χ4v) is 4.34. The first kappa shape index (κ1) is 26.0. The van der Waals surface area contributed by atoms with Gasteiger partial charge in [-0.05, 0) is 12.8 Å². The highest BCUT2D eigenvalue weighted by Crippen LogP contribution is 2.15. The van der Waals surface area contributed by atoms with Gasteiger partial charge in [0.25, 0.3) is 0 Å². The van der Waals surface area contributed by atoms with Crippen molar-refractivity contribution in [1.29, 1.82) is 0 Å². The zero-order valence-electron chi connectivity index (χ0n) is 17.0. The molecule has 0 spiro atoms. The van der Waals surface area contributed by atoms with E-state index in [4.69, 9.17) is 0 Å². The Kier molecular flexibility index (Phi) is 25.9. The maximum Gasteiger partial charge on any atom is 0.00313 e. The van der Waals surface area contributed by atoms with Crippen LogP contribution in [0.5, 0.6) is 0 Å². The molecule has 0 aromatic carbocycles. The topological polar surface area (TPSA) is 0 Å². The van der Waals surface area contributed by atoms with Crippen LogP contribution in [-0.2, 0) is 0 Å². The van der Waals surface area contributed by atoms with Gasteiger partial charge in [0.15, 0.2) is 0 Å². The molecule has 152 valence electrons. The van der Waals surface area contributed by atoms with E-state index in [0.29, 0.717) is 0 Å². The molecule has 0 amide bonds. The third kappa shape index (κ3) is 25.0. The third-order valence-corrected chi connectivity index (χ3v) is 6.39. The molecule has 0 unspecified atom stereocenters. The Balaban J connectivity index is 2.94. The molecule has 0 nitrogen and oxygen atoms in total. The summed E-state index contributed by atoms with van der Waals surface area (Å²) in [5.41, 5.74) is 0. The Morgan fingerprint density at radius 3 is 0.440 bits per heavy atom. The van der Waals surface area contributed by atoms with Gasteiger partial charge in [0.1, 0.15) is 0 Å². The van der Waals surface area contributed by atoms with Gasteiger partial charge in [-0.2, -0.15) is 0 Å². The Hall–Kier alpha value is 0.960. The number of hydrogen-bond acceptors (Lipinski definition) is 0. The molecule has 25 heavy (non-hydrogen) atoms. The van der Waals surface area contributed by atoms with Crippen LogP contribution in [0.4, 0.5) is 0 Å². The van der Waals surface area contributed by atoms with Crippen LogP contribution in [0.15, 0.2) is 0 Å². The highest BCUT2D eigenvalue weighted by molar-refractivity contribution is 9.09. The van der Waals surface area contributed by atoms with Crippen molar-refractivity contribution >= 4 is 31.9 Å². The van der Waals surface area contributed by atoms with Crippen LogP contribution in [0.1, 0.15) is 135 Å². The molecular formula is C23H46Br2. The number of hydrogen-bond donors (Lipinski definition) is 0. The van der Waals surface area contributed by atoms with Gasteiger partial charge < -0.3 is 0 Å². The van der Waals surface area contributed by atoms with Gasteiger partial charge in [-0.15, -0.1) is 0 Å². The number of alkyl halides is 2. The van der Waals surface area contributed by atoms with Gasteiger partial charge in [-0.25, -0.2) is 0 Å². The molecule has 0 fully saturated rings. The van der Waals surface area contributed by atoms with Crippen molar-refractivity contribution in [3.63, 3.8) is 0 Å². The first-order valence-corrected chi connectivity index (χ1v) is 13.8. The quantitative estimate of drug-likeness (QED) is 0.106. The monoisotopic (exact) mass is 480 g/mol. The molecule has 0 aliphatic carbocycles. The lowest BCUT2D eigenvalue weighted by atomic mass is 10.0. The minimum Gasteiger partial charge on any atom is -0.0928 e. The van der Waals surface area contributed by atoms with E-state index in [1.54, 1.807) is 0 Å². The minimum absolute atomic E-state index is 1.19. The second-order valence-electron chi connectivity index (χ2n) is 7.80. The van der Waals surface area contributed by atoms with Crippen LogP contribution in [0.3, 0.4) is 0 Å². The number of rotatable bonds is 22. The molecule has 0 aliphatic heterocycles. The average molecular weight is 482 g/mol. The zero-order chi connectivity index (χ0) is 18.3. The molecule has 0 saturated heterocycles. The smallest absolute Gasteiger partial charge is 0.00313 e. The predicted molar refractivity (Wildman–Crippen MR) is 125 cm³/mol.